The number of aryl methyl sites for hydroxylation is 1. The summed E-state index contributed by atoms with van der Waals surface area (Å²) in [6.45, 7) is 7.68. The molecule has 6 heteroatoms. The van der Waals surface area contributed by atoms with E-state index in [2.05, 4.69) is 24.5 Å². The minimum Gasteiger partial charge on any atom is -0.324 e. The van der Waals surface area contributed by atoms with Gasteiger partial charge in [0.05, 0.1) is 0 Å². The number of amides is 4. The number of nitrogens with zero attached hydrogens (tertiary/aromatic N) is 1. The Hall–Kier alpha value is -3.15. The zero-order chi connectivity index (χ0) is 21.9. The van der Waals surface area contributed by atoms with Crippen LogP contribution in [0.25, 0.3) is 0 Å². The molecule has 0 aliphatic carbocycles. The Bertz CT molecular complexity index is 955. The molecule has 1 fully saturated rings. The molecule has 6 nitrogen and oxygen atoms in total. The van der Waals surface area contributed by atoms with Gasteiger partial charge in [0.15, 0.2) is 0 Å². The first kappa shape index (κ1) is 21.6. The molecule has 1 saturated heterocycles. The average molecular weight is 408 g/mol. The summed E-state index contributed by atoms with van der Waals surface area (Å²) in [5.41, 5.74) is 2.31. The molecule has 0 aromatic heterocycles. The van der Waals surface area contributed by atoms with Crippen molar-refractivity contribution in [2.75, 3.05) is 11.9 Å². The highest BCUT2D eigenvalue weighted by molar-refractivity contribution is 6.10. The number of nitrogens with one attached hydrogen (secondary N) is 2. The third kappa shape index (κ3) is 3.95. The molecule has 1 heterocycles. The number of carbonyl (C=O) groups excluding carboxylic acids is 3. The van der Waals surface area contributed by atoms with Crippen LogP contribution in [0, 0.1) is 6.92 Å². The van der Waals surface area contributed by atoms with Crippen LogP contribution in [0.5, 0.6) is 0 Å². The van der Waals surface area contributed by atoms with E-state index >= 15 is 0 Å². The average Bonchev–Trinajstić information content (AvgIpc) is 2.95. The molecule has 2 aromatic carbocycles. The number of benzene rings is 2. The molecule has 0 unspecified atom stereocenters. The van der Waals surface area contributed by atoms with Gasteiger partial charge in [-0.1, -0.05) is 75.7 Å². The molecule has 1 aliphatic rings. The molecular formula is C24H29N3O3. The van der Waals surface area contributed by atoms with E-state index in [9.17, 15) is 14.4 Å². The summed E-state index contributed by atoms with van der Waals surface area (Å²) in [5, 5.41) is 5.77. The molecule has 1 aliphatic heterocycles. The molecule has 30 heavy (non-hydrogen) atoms. The van der Waals surface area contributed by atoms with Crippen LogP contribution >= 0.6 is 0 Å². The standard InChI is InChI=1S/C24H29N3O3/c1-5-14-24(18-11-7-6-8-12-18)22(29)27(23(30)26-24)15-20(28)25-21-17(4)10-9-13-19(21)16(2)3/h6-13,16H,5,14-15H2,1-4H3,(H,25,28)(H,26,30)/t24-/m0/s1. The Morgan fingerprint density at radius 3 is 2.43 bits per heavy atom. The zero-order valence-electron chi connectivity index (χ0n) is 18.0. The summed E-state index contributed by atoms with van der Waals surface area (Å²) < 4.78 is 0. The number of hydrogen-bond donors (Lipinski definition) is 2. The van der Waals surface area contributed by atoms with Crippen molar-refractivity contribution in [1.29, 1.82) is 0 Å². The van der Waals surface area contributed by atoms with Gasteiger partial charge in [-0.05, 0) is 36.0 Å². The molecular weight excluding hydrogens is 378 g/mol. The number of para-hydroxylation sites is 1. The van der Waals surface area contributed by atoms with Crippen molar-refractivity contribution in [3.05, 3.63) is 65.2 Å². The first-order valence-electron chi connectivity index (χ1n) is 10.4. The predicted octanol–water partition coefficient (Wildman–Crippen LogP) is 4.30. The number of anilines is 1. The minimum atomic E-state index is -1.13. The Labute approximate surface area is 177 Å². The number of rotatable bonds is 7. The van der Waals surface area contributed by atoms with Gasteiger partial charge in [0.2, 0.25) is 5.91 Å². The maximum atomic E-state index is 13.3. The van der Waals surface area contributed by atoms with Crippen molar-refractivity contribution in [1.82, 2.24) is 10.2 Å². The number of hydrogen-bond acceptors (Lipinski definition) is 3. The van der Waals surface area contributed by atoms with E-state index in [1.807, 2.05) is 62.4 Å². The molecule has 2 N–H and O–H groups in total. The lowest BCUT2D eigenvalue weighted by atomic mass is 9.85. The van der Waals surface area contributed by atoms with Gasteiger partial charge in [-0.3, -0.25) is 14.5 Å². The molecule has 0 spiro atoms. The second-order valence-corrected chi connectivity index (χ2v) is 8.08. The SMILES string of the molecule is CCC[C@@]1(c2ccccc2)NC(=O)N(CC(=O)Nc2c(C)cccc2C(C)C)C1=O. The van der Waals surface area contributed by atoms with E-state index in [0.29, 0.717) is 12.8 Å². The monoisotopic (exact) mass is 407 g/mol. The van der Waals surface area contributed by atoms with Gasteiger partial charge in [-0.15, -0.1) is 0 Å². The quantitative estimate of drug-likeness (QED) is 0.672. The highest BCUT2D eigenvalue weighted by Crippen LogP contribution is 2.34. The second kappa shape index (κ2) is 8.69. The highest BCUT2D eigenvalue weighted by Gasteiger charge is 2.52. The van der Waals surface area contributed by atoms with E-state index in [-0.39, 0.29) is 18.4 Å². The number of imide groups is 1. The van der Waals surface area contributed by atoms with Crippen LogP contribution in [-0.2, 0) is 15.1 Å². The summed E-state index contributed by atoms with van der Waals surface area (Å²) in [6.07, 6.45) is 1.18. The van der Waals surface area contributed by atoms with Gasteiger partial charge < -0.3 is 10.6 Å². The minimum absolute atomic E-state index is 0.229. The molecule has 158 valence electrons. The summed E-state index contributed by atoms with van der Waals surface area (Å²) >= 11 is 0. The van der Waals surface area contributed by atoms with E-state index in [0.717, 1.165) is 27.3 Å². The van der Waals surface area contributed by atoms with Crippen LogP contribution in [0.4, 0.5) is 10.5 Å². The Morgan fingerprint density at radius 1 is 1.10 bits per heavy atom. The molecule has 1 atom stereocenters. The van der Waals surface area contributed by atoms with Crippen LogP contribution in [0.2, 0.25) is 0 Å². The van der Waals surface area contributed by atoms with E-state index in [1.54, 1.807) is 0 Å². The second-order valence-electron chi connectivity index (χ2n) is 8.08. The number of carbonyl (C=O) groups is 3. The van der Waals surface area contributed by atoms with Crippen molar-refractivity contribution in [3.8, 4) is 0 Å². The van der Waals surface area contributed by atoms with Crippen molar-refractivity contribution >= 4 is 23.5 Å². The smallest absolute Gasteiger partial charge is 0.324 e. The first-order chi connectivity index (χ1) is 14.3. The summed E-state index contributed by atoms with van der Waals surface area (Å²) in [4.78, 5) is 39.8. The van der Waals surface area contributed by atoms with Gasteiger partial charge in [-0.25, -0.2) is 4.79 Å². The molecule has 0 radical (unpaired) electrons. The molecule has 2 aromatic rings. The Balaban J connectivity index is 1.83. The van der Waals surface area contributed by atoms with Gasteiger partial charge >= 0.3 is 6.03 Å². The van der Waals surface area contributed by atoms with Gasteiger partial charge in [-0.2, -0.15) is 0 Å². The van der Waals surface area contributed by atoms with Crippen LogP contribution in [-0.4, -0.2) is 29.3 Å². The number of urea groups is 1. The maximum absolute atomic E-state index is 13.3. The maximum Gasteiger partial charge on any atom is 0.325 e. The van der Waals surface area contributed by atoms with Crippen LogP contribution in [0.1, 0.15) is 56.2 Å². The lowest BCUT2D eigenvalue weighted by Gasteiger charge is -2.27. The van der Waals surface area contributed by atoms with E-state index in [4.69, 9.17) is 0 Å². The fraction of sp³-hybridized carbons (Fsp3) is 0.375. The van der Waals surface area contributed by atoms with Crippen LogP contribution in [0.3, 0.4) is 0 Å². The largest absolute Gasteiger partial charge is 0.325 e. The normalized spacial score (nSPS) is 18.6. The summed E-state index contributed by atoms with van der Waals surface area (Å²) in [6, 6.07) is 14.5. The lowest BCUT2D eigenvalue weighted by Crippen LogP contribution is -2.44. The summed E-state index contributed by atoms with van der Waals surface area (Å²) in [5.74, 6) is -0.549. The van der Waals surface area contributed by atoms with Crippen molar-refractivity contribution in [2.45, 2.75) is 52.0 Å². The zero-order valence-corrected chi connectivity index (χ0v) is 18.0. The van der Waals surface area contributed by atoms with Gasteiger partial charge in [0, 0.05) is 5.69 Å². The fourth-order valence-electron chi connectivity index (χ4n) is 4.04. The van der Waals surface area contributed by atoms with Crippen LogP contribution < -0.4 is 10.6 Å². The van der Waals surface area contributed by atoms with Gasteiger partial charge in [0.1, 0.15) is 12.1 Å². The topological polar surface area (TPSA) is 78.5 Å². The Morgan fingerprint density at radius 2 is 1.80 bits per heavy atom. The van der Waals surface area contributed by atoms with Gasteiger partial charge in [0.25, 0.3) is 5.91 Å². The van der Waals surface area contributed by atoms with Crippen molar-refractivity contribution in [2.24, 2.45) is 0 Å². The van der Waals surface area contributed by atoms with E-state index in [1.165, 1.54) is 0 Å². The van der Waals surface area contributed by atoms with E-state index < -0.39 is 17.5 Å². The third-order valence-electron chi connectivity index (χ3n) is 5.56. The molecule has 4 amide bonds. The highest BCUT2D eigenvalue weighted by atomic mass is 16.2. The Kier molecular flexibility index (Phi) is 6.25. The molecule has 0 bridgehead atoms. The van der Waals surface area contributed by atoms with Crippen LogP contribution in [0.15, 0.2) is 48.5 Å². The van der Waals surface area contributed by atoms with Crippen molar-refractivity contribution in [3.63, 3.8) is 0 Å². The third-order valence-corrected chi connectivity index (χ3v) is 5.56. The van der Waals surface area contributed by atoms with Crippen molar-refractivity contribution < 1.29 is 14.4 Å². The molecule has 3 rings (SSSR count). The molecule has 0 saturated carbocycles. The first-order valence-corrected chi connectivity index (χ1v) is 10.4. The summed E-state index contributed by atoms with van der Waals surface area (Å²) in [7, 11) is 0. The predicted molar refractivity (Wildman–Crippen MR) is 117 cm³/mol. The lowest BCUT2D eigenvalue weighted by molar-refractivity contribution is -0.134. The fourth-order valence-corrected chi connectivity index (χ4v) is 4.04.